The first-order valence-electron chi connectivity index (χ1n) is 5.91. The van der Waals surface area contributed by atoms with Crippen molar-refractivity contribution < 1.29 is 9.47 Å². The van der Waals surface area contributed by atoms with Gasteiger partial charge >= 0.3 is 0 Å². The Balaban J connectivity index is 2.21. The predicted octanol–water partition coefficient (Wildman–Crippen LogP) is 5.38. The van der Waals surface area contributed by atoms with Crippen LogP contribution in [0.25, 0.3) is 0 Å². The van der Waals surface area contributed by atoms with Gasteiger partial charge in [0.05, 0.1) is 11.1 Å². The van der Waals surface area contributed by atoms with Crippen LogP contribution in [0.2, 0.25) is 0 Å². The van der Waals surface area contributed by atoms with Crippen LogP contribution in [0.15, 0.2) is 34.1 Å². The van der Waals surface area contributed by atoms with Crippen molar-refractivity contribution in [2.75, 3.05) is 6.61 Å². The molecule has 102 valence electrons. The molecule has 0 radical (unpaired) electrons. The van der Waals surface area contributed by atoms with E-state index in [1.807, 2.05) is 30.5 Å². The number of thiophene rings is 1. The van der Waals surface area contributed by atoms with Crippen LogP contribution in [-0.4, -0.2) is 6.61 Å². The Kier molecular flexibility index (Phi) is 5.73. The summed E-state index contributed by atoms with van der Waals surface area (Å²) in [5.74, 6) is 1.54. The van der Waals surface area contributed by atoms with E-state index in [0.717, 1.165) is 26.9 Å². The molecule has 2 rings (SSSR count). The highest BCUT2D eigenvalue weighted by Crippen LogP contribution is 2.38. The largest absolute Gasteiger partial charge is 0.490 e. The molecular formula is C14H14Br2O2S. The summed E-state index contributed by atoms with van der Waals surface area (Å²) in [7, 11) is 0. The zero-order chi connectivity index (χ0) is 13.7. The van der Waals surface area contributed by atoms with Crippen molar-refractivity contribution >= 4 is 43.2 Å². The maximum Gasteiger partial charge on any atom is 0.175 e. The Labute approximate surface area is 134 Å². The van der Waals surface area contributed by atoms with Gasteiger partial charge in [0.15, 0.2) is 11.5 Å². The van der Waals surface area contributed by atoms with E-state index in [-0.39, 0.29) is 0 Å². The maximum atomic E-state index is 5.89. The lowest BCUT2D eigenvalue weighted by atomic mass is 10.2. The minimum absolute atomic E-state index is 0.560. The summed E-state index contributed by atoms with van der Waals surface area (Å²) in [6, 6.07) is 8.13. The van der Waals surface area contributed by atoms with Crippen molar-refractivity contribution in [1.82, 2.24) is 0 Å². The standard InChI is InChI=1S/C14H14Br2O2S/c1-2-17-13-7-10(8-15)6-12(16)14(13)18-9-11-4-3-5-19-11/h3-7H,2,8-9H2,1H3. The van der Waals surface area contributed by atoms with Gasteiger partial charge in [0, 0.05) is 10.2 Å². The number of rotatable bonds is 6. The molecular weight excluding hydrogens is 392 g/mol. The lowest BCUT2D eigenvalue weighted by Crippen LogP contribution is -2.00. The molecule has 0 amide bonds. The second-order valence-corrected chi connectivity index (χ2v) is 6.29. The molecule has 0 saturated carbocycles. The first-order valence-corrected chi connectivity index (χ1v) is 8.70. The van der Waals surface area contributed by atoms with E-state index in [1.54, 1.807) is 11.3 Å². The molecule has 1 aromatic carbocycles. The Morgan fingerprint density at radius 1 is 1.26 bits per heavy atom. The fourth-order valence-electron chi connectivity index (χ4n) is 1.64. The van der Waals surface area contributed by atoms with Gasteiger partial charge in [-0.2, -0.15) is 0 Å². The molecule has 0 aliphatic carbocycles. The van der Waals surface area contributed by atoms with E-state index in [2.05, 4.69) is 37.9 Å². The SMILES string of the molecule is CCOc1cc(CBr)cc(Br)c1OCc1cccs1. The van der Waals surface area contributed by atoms with E-state index < -0.39 is 0 Å². The number of alkyl halides is 1. The van der Waals surface area contributed by atoms with Crippen LogP contribution in [-0.2, 0) is 11.9 Å². The zero-order valence-corrected chi connectivity index (χ0v) is 14.5. The van der Waals surface area contributed by atoms with Gasteiger partial charge in [0.1, 0.15) is 6.61 Å². The average Bonchev–Trinajstić information content (AvgIpc) is 2.91. The minimum atomic E-state index is 0.560. The molecule has 0 bridgehead atoms. The van der Waals surface area contributed by atoms with Crippen molar-refractivity contribution in [2.24, 2.45) is 0 Å². The lowest BCUT2D eigenvalue weighted by molar-refractivity contribution is 0.269. The van der Waals surface area contributed by atoms with E-state index in [1.165, 1.54) is 4.88 Å². The summed E-state index contributed by atoms with van der Waals surface area (Å²) < 4.78 is 12.5. The normalized spacial score (nSPS) is 10.5. The quantitative estimate of drug-likeness (QED) is 0.600. The van der Waals surface area contributed by atoms with Gasteiger partial charge in [-0.05, 0) is 52.0 Å². The highest BCUT2D eigenvalue weighted by atomic mass is 79.9. The van der Waals surface area contributed by atoms with Crippen LogP contribution < -0.4 is 9.47 Å². The summed E-state index contributed by atoms with van der Waals surface area (Å²) in [6.07, 6.45) is 0. The van der Waals surface area contributed by atoms with Gasteiger partial charge in [-0.25, -0.2) is 0 Å². The van der Waals surface area contributed by atoms with Crippen molar-refractivity contribution in [3.8, 4) is 11.5 Å². The van der Waals surface area contributed by atoms with Crippen LogP contribution >= 0.6 is 43.2 Å². The summed E-state index contributed by atoms with van der Waals surface area (Å²) in [5, 5.41) is 2.84. The van der Waals surface area contributed by atoms with Crippen LogP contribution in [0.1, 0.15) is 17.4 Å². The smallest absolute Gasteiger partial charge is 0.175 e. The summed E-state index contributed by atoms with van der Waals surface area (Å²) >= 11 is 8.69. The molecule has 2 nitrogen and oxygen atoms in total. The number of hydrogen-bond acceptors (Lipinski definition) is 3. The van der Waals surface area contributed by atoms with Crippen molar-refractivity contribution in [2.45, 2.75) is 18.9 Å². The molecule has 0 unspecified atom stereocenters. The molecule has 1 heterocycles. The number of benzene rings is 1. The van der Waals surface area contributed by atoms with E-state index in [4.69, 9.17) is 9.47 Å². The van der Waals surface area contributed by atoms with Gasteiger partial charge < -0.3 is 9.47 Å². The van der Waals surface area contributed by atoms with Gasteiger partial charge in [0.2, 0.25) is 0 Å². The molecule has 0 atom stereocenters. The van der Waals surface area contributed by atoms with Crippen LogP contribution in [0.3, 0.4) is 0 Å². The Morgan fingerprint density at radius 3 is 2.74 bits per heavy atom. The van der Waals surface area contributed by atoms with Crippen LogP contribution in [0, 0.1) is 0 Å². The third-order valence-electron chi connectivity index (χ3n) is 2.46. The maximum absolute atomic E-state index is 5.89. The predicted molar refractivity (Wildman–Crippen MR) is 86.6 cm³/mol. The van der Waals surface area contributed by atoms with Crippen molar-refractivity contribution in [1.29, 1.82) is 0 Å². The number of ether oxygens (including phenoxy) is 2. The molecule has 0 fully saturated rings. The summed E-state index contributed by atoms with van der Waals surface area (Å²) in [4.78, 5) is 1.19. The van der Waals surface area contributed by atoms with Crippen molar-refractivity contribution in [3.63, 3.8) is 0 Å². The molecule has 5 heteroatoms. The topological polar surface area (TPSA) is 18.5 Å². The lowest BCUT2D eigenvalue weighted by Gasteiger charge is -2.14. The first kappa shape index (κ1) is 14.9. The van der Waals surface area contributed by atoms with E-state index >= 15 is 0 Å². The third-order valence-corrected chi connectivity index (χ3v) is 4.55. The summed E-state index contributed by atoms with van der Waals surface area (Å²) in [6.45, 7) is 3.15. The highest BCUT2D eigenvalue weighted by molar-refractivity contribution is 9.10. The summed E-state index contributed by atoms with van der Waals surface area (Å²) in [5.41, 5.74) is 1.15. The van der Waals surface area contributed by atoms with Gasteiger partial charge in [-0.1, -0.05) is 22.0 Å². The van der Waals surface area contributed by atoms with Gasteiger partial charge in [-0.3, -0.25) is 0 Å². The second kappa shape index (κ2) is 7.31. The van der Waals surface area contributed by atoms with Crippen LogP contribution in [0.5, 0.6) is 11.5 Å². The molecule has 0 N–H and O–H groups in total. The fraction of sp³-hybridized carbons (Fsp3) is 0.286. The molecule has 1 aromatic heterocycles. The molecule has 0 saturated heterocycles. The number of halogens is 2. The third kappa shape index (κ3) is 3.97. The zero-order valence-electron chi connectivity index (χ0n) is 10.5. The van der Waals surface area contributed by atoms with Gasteiger partial charge in [0.25, 0.3) is 0 Å². The monoisotopic (exact) mass is 404 g/mol. The molecule has 19 heavy (non-hydrogen) atoms. The fourth-order valence-corrected chi connectivity index (χ4v) is 3.18. The highest BCUT2D eigenvalue weighted by Gasteiger charge is 2.12. The number of hydrogen-bond donors (Lipinski definition) is 0. The Hall–Kier alpha value is -0.520. The Morgan fingerprint density at radius 2 is 2.11 bits per heavy atom. The van der Waals surface area contributed by atoms with Gasteiger partial charge in [-0.15, -0.1) is 11.3 Å². The molecule has 0 aliphatic heterocycles. The average molecular weight is 406 g/mol. The minimum Gasteiger partial charge on any atom is -0.490 e. The molecule has 0 spiro atoms. The van der Waals surface area contributed by atoms with E-state index in [0.29, 0.717) is 13.2 Å². The molecule has 0 aliphatic rings. The molecule has 2 aromatic rings. The van der Waals surface area contributed by atoms with Crippen LogP contribution in [0.4, 0.5) is 0 Å². The first-order chi connectivity index (χ1) is 9.24. The Bertz CT molecular complexity index is 526. The second-order valence-electron chi connectivity index (χ2n) is 3.84. The van der Waals surface area contributed by atoms with Crippen molar-refractivity contribution in [3.05, 3.63) is 44.6 Å². The van der Waals surface area contributed by atoms with E-state index in [9.17, 15) is 0 Å².